The maximum atomic E-state index is 13.9. The Morgan fingerprint density at radius 3 is 3.03 bits per heavy atom. The first-order valence-electron chi connectivity index (χ1n) is 14.2. The molecule has 7 nitrogen and oxygen atoms in total. The van der Waals surface area contributed by atoms with Crippen LogP contribution >= 0.6 is 0 Å². The first-order valence-corrected chi connectivity index (χ1v) is 11.7. The predicted octanol–water partition coefficient (Wildman–Crippen LogP) is 3.19. The third-order valence-electron chi connectivity index (χ3n) is 6.84. The normalized spacial score (nSPS) is 24.7. The highest BCUT2D eigenvalue weighted by atomic mass is 16.2. The van der Waals surface area contributed by atoms with Crippen molar-refractivity contribution >= 4 is 22.8 Å². The number of carbonyl (C=O) groups is 2. The van der Waals surface area contributed by atoms with Crippen molar-refractivity contribution in [3.63, 3.8) is 0 Å². The summed E-state index contributed by atoms with van der Waals surface area (Å²) in [5.41, 5.74) is 3.03. The second kappa shape index (κ2) is 10.1. The number of H-pyrrole nitrogens is 1. The molecule has 2 heterocycles. The van der Waals surface area contributed by atoms with Crippen LogP contribution in [0.1, 0.15) is 43.7 Å². The van der Waals surface area contributed by atoms with Crippen LogP contribution in [0.25, 0.3) is 10.9 Å². The van der Waals surface area contributed by atoms with Crippen LogP contribution in [-0.2, 0) is 11.2 Å². The molecule has 0 saturated carbocycles. The summed E-state index contributed by atoms with van der Waals surface area (Å²) in [6, 6.07) is 4.36. The fraction of sp³-hybridized carbons (Fsp3) is 0.538. The van der Waals surface area contributed by atoms with Crippen LogP contribution in [0.15, 0.2) is 37.0 Å². The molecule has 2 N–H and O–H groups in total. The number of benzene rings is 1. The van der Waals surface area contributed by atoms with E-state index in [1.54, 1.807) is 6.92 Å². The van der Waals surface area contributed by atoms with Gasteiger partial charge >= 0.3 is 6.03 Å². The highest BCUT2D eigenvalue weighted by molar-refractivity contribution is 5.96. The molecule has 7 heteroatoms. The number of aromatic amines is 1. The highest BCUT2D eigenvalue weighted by Crippen LogP contribution is 2.45. The van der Waals surface area contributed by atoms with Gasteiger partial charge in [-0.05, 0) is 64.0 Å². The minimum absolute atomic E-state index is 0.0119. The van der Waals surface area contributed by atoms with Crippen LogP contribution < -0.4 is 5.32 Å². The van der Waals surface area contributed by atoms with E-state index >= 15 is 0 Å². The number of rotatable bonds is 8. The molecule has 2 aliphatic rings. The largest absolute Gasteiger partial charge is 0.361 e. The molecular weight excluding hydrogens is 414 g/mol. The number of nitrogens with zero attached hydrogens (tertiary/aromatic N) is 3. The van der Waals surface area contributed by atoms with Crippen molar-refractivity contribution in [1.82, 2.24) is 25.0 Å². The van der Waals surface area contributed by atoms with E-state index in [-0.39, 0.29) is 31.0 Å². The van der Waals surface area contributed by atoms with Gasteiger partial charge in [0.05, 0.1) is 10.0 Å². The Hall–Kier alpha value is -2.64. The molecule has 1 aromatic heterocycles. The predicted molar refractivity (Wildman–Crippen MR) is 132 cm³/mol. The molecule has 3 amide bonds. The maximum absolute atomic E-state index is 13.9. The van der Waals surface area contributed by atoms with Gasteiger partial charge in [0, 0.05) is 57.9 Å². The standard InChI is InChI=1S/C26H37N5O2/c1-5-11-30-17-19(25(32)31(26(33)27-6-2)13-8-12-29(3)4)14-21-20-9-7-10-22-24(20)18(16-28-22)15-23(21)30/h5,7,9-10,16,19,21,23,28H,1,6,8,11-15,17H2,2-4H3,(H,27,33)/t19-,21-,23-/m1/s1/i1D2,5D,11D2. The number of hydrogen-bond donors (Lipinski definition) is 2. The van der Waals surface area contributed by atoms with Crippen molar-refractivity contribution in [1.29, 1.82) is 0 Å². The van der Waals surface area contributed by atoms with Crippen LogP contribution in [0.4, 0.5) is 4.79 Å². The number of urea groups is 1. The summed E-state index contributed by atoms with van der Waals surface area (Å²) in [6.07, 6.45) is 3.49. The first kappa shape index (κ1) is 17.8. The van der Waals surface area contributed by atoms with E-state index in [4.69, 9.17) is 6.85 Å². The monoisotopic (exact) mass is 456 g/mol. The van der Waals surface area contributed by atoms with Crippen LogP contribution in [0.5, 0.6) is 0 Å². The molecule has 0 radical (unpaired) electrons. The summed E-state index contributed by atoms with van der Waals surface area (Å²) in [4.78, 5) is 34.9. The quantitative estimate of drug-likeness (QED) is 0.599. The lowest BCUT2D eigenvalue weighted by atomic mass is 9.72. The smallest absolute Gasteiger partial charge is 0.324 e. The van der Waals surface area contributed by atoms with Crippen LogP contribution in [0, 0.1) is 5.92 Å². The van der Waals surface area contributed by atoms with Gasteiger partial charge in [-0.15, -0.1) is 6.53 Å². The highest BCUT2D eigenvalue weighted by Gasteiger charge is 2.43. The average molecular weight is 457 g/mol. The Balaban J connectivity index is 1.74. The third-order valence-corrected chi connectivity index (χ3v) is 6.84. The van der Waals surface area contributed by atoms with Gasteiger partial charge < -0.3 is 15.2 Å². The summed E-state index contributed by atoms with van der Waals surface area (Å²) >= 11 is 0. The summed E-state index contributed by atoms with van der Waals surface area (Å²) in [6.45, 7) is -0.222. The molecule has 0 spiro atoms. The molecule has 4 rings (SSSR count). The van der Waals surface area contributed by atoms with E-state index in [0.717, 1.165) is 22.0 Å². The lowest BCUT2D eigenvalue weighted by Crippen LogP contribution is -2.55. The van der Waals surface area contributed by atoms with E-state index in [0.29, 0.717) is 32.4 Å². The third kappa shape index (κ3) is 4.70. The fourth-order valence-electron chi connectivity index (χ4n) is 5.40. The number of aromatic nitrogens is 1. The number of nitrogens with one attached hydrogen (secondary N) is 2. The topological polar surface area (TPSA) is 71.7 Å². The van der Waals surface area contributed by atoms with E-state index in [1.807, 2.05) is 43.4 Å². The summed E-state index contributed by atoms with van der Waals surface area (Å²) in [5.74, 6) is -1.28. The van der Waals surface area contributed by atoms with Crippen molar-refractivity contribution in [3.8, 4) is 0 Å². The number of hydrogen-bond acceptors (Lipinski definition) is 4. The SMILES string of the molecule is [2H]C([2H])=C([2H])C([2H])([2H])N1C[C@H](C(=O)N(CCCN(C)C)C(=O)NCC)C[C@@H]2c3cccc4[nH]cc(c34)C[C@H]21. The van der Waals surface area contributed by atoms with Crippen LogP contribution in [0.2, 0.25) is 0 Å². The van der Waals surface area contributed by atoms with Gasteiger partial charge in [0.25, 0.3) is 0 Å². The van der Waals surface area contributed by atoms with Crippen LogP contribution in [-0.4, -0.2) is 84.4 Å². The first-order chi connectivity index (χ1) is 18.0. The van der Waals surface area contributed by atoms with Crippen molar-refractivity contribution in [2.45, 2.75) is 38.1 Å². The Labute approximate surface area is 203 Å². The van der Waals surface area contributed by atoms with E-state index < -0.39 is 31.0 Å². The van der Waals surface area contributed by atoms with Crippen molar-refractivity contribution in [3.05, 3.63) is 48.1 Å². The summed E-state index contributed by atoms with van der Waals surface area (Å²) in [5, 5.41) is 3.81. The molecule has 2 aromatic rings. The maximum Gasteiger partial charge on any atom is 0.324 e. The Morgan fingerprint density at radius 2 is 2.27 bits per heavy atom. The van der Waals surface area contributed by atoms with Crippen molar-refractivity contribution < 1.29 is 16.4 Å². The van der Waals surface area contributed by atoms with E-state index in [1.165, 1.54) is 9.80 Å². The molecule has 1 aliphatic carbocycles. The Bertz CT molecular complexity index is 1230. The minimum Gasteiger partial charge on any atom is -0.361 e. The zero-order valence-corrected chi connectivity index (χ0v) is 19.6. The second-order valence-corrected chi connectivity index (χ2v) is 9.27. The molecule has 178 valence electrons. The van der Waals surface area contributed by atoms with Gasteiger partial charge in [-0.25, -0.2) is 4.79 Å². The Kier molecular flexibility index (Phi) is 5.44. The van der Waals surface area contributed by atoms with Gasteiger partial charge in [-0.3, -0.25) is 14.6 Å². The van der Waals surface area contributed by atoms with Gasteiger partial charge in [0.15, 0.2) is 0 Å². The van der Waals surface area contributed by atoms with E-state index in [9.17, 15) is 9.59 Å². The summed E-state index contributed by atoms with van der Waals surface area (Å²) < 4.78 is 41.1. The molecule has 1 aromatic carbocycles. The molecule has 1 aliphatic heterocycles. The zero-order valence-electron chi connectivity index (χ0n) is 24.6. The second-order valence-electron chi connectivity index (χ2n) is 9.27. The number of piperidine rings is 1. The zero-order chi connectivity index (χ0) is 27.8. The number of likely N-dealkylation sites (tertiary alicyclic amines) is 1. The molecule has 0 unspecified atom stereocenters. The fourth-order valence-corrected chi connectivity index (χ4v) is 5.40. The van der Waals surface area contributed by atoms with Gasteiger partial charge in [-0.1, -0.05) is 18.2 Å². The molecule has 3 atom stereocenters. The lowest BCUT2D eigenvalue weighted by molar-refractivity contribution is -0.135. The van der Waals surface area contributed by atoms with E-state index in [2.05, 4.69) is 10.3 Å². The van der Waals surface area contributed by atoms with Crippen molar-refractivity contribution in [2.75, 3.05) is 46.8 Å². The molecular formula is C26H37N5O2. The van der Waals surface area contributed by atoms with Gasteiger partial charge in [0.1, 0.15) is 0 Å². The number of amides is 3. The molecule has 33 heavy (non-hydrogen) atoms. The molecule has 1 saturated heterocycles. The number of imide groups is 1. The average Bonchev–Trinajstić information content (AvgIpc) is 3.29. The molecule has 0 bridgehead atoms. The number of fused-ring (bicyclic) bond motifs is 2. The minimum atomic E-state index is -2.43. The van der Waals surface area contributed by atoms with Gasteiger partial charge in [0.2, 0.25) is 5.91 Å². The lowest BCUT2D eigenvalue weighted by Gasteiger charge is -2.47. The number of carbonyl (C=O) groups excluding carboxylic acids is 2. The van der Waals surface area contributed by atoms with Gasteiger partial charge in [-0.2, -0.15) is 0 Å². The Morgan fingerprint density at radius 1 is 1.42 bits per heavy atom. The van der Waals surface area contributed by atoms with Crippen molar-refractivity contribution in [2.24, 2.45) is 5.92 Å². The summed E-state index contributed by atoms with van der Waals surface area (Å²) in [7, 11) is 3.86. The van der Waals surface area contributed by atoms with Crippen LogP contribution in [0.3, 0.4) is 0 Å². The molecule has 1 fully saturated rings.